The van der Waals surface area contributed by atoms with Gasteiger partial charge in [0.15, 0.2) is 6.29 Å². The van der Waals surface area contributed by atoms with Crippen LogP contribution in [0.25, 0.3) is 6.08 Å². The van der Waals surface area contributed by atoms with E-state index >= 15 is 0 Å². The van der Waals surface area contributed by atoms with Crippen LogP contribution >= 0.6 is 0 Å². The van der Waals surface area contributed by atoms with Crippen molar-refractivity contribution in [1.29, 1.82) is 0 Å². The first-order chi connectivity index (χ1) is 14.3. The van der Waals surface area contributed by atoms with Crippen molar-refractivity contribution in [2.45, 2.75) is 54.6 Å². The molecular weight excluding hydrogens is 400 g/mol. The summed E-state index contributed by atoms with van der Waals surface area (Å²) in [7, 11) is 0. The van der Waals surface area contributed by atoms with Crippen molar-refractivity contribution in [3.8, 4) is 0 Å². The molecule has 2 fully saturated rings. The first kappa shape index (κ1) is 23.2. The summed E-state index contributed by atoms with van der Waals surface area (Å²) >= 11 is 0. The van der Waals surface area contributed by atoms with Gasteiger partial charge in [-0.1, -0.05) is 42.5 Å². The summed E-state index contributed by atoms with van der Waals surface area (Å²) < 4.78 is 15.7. The normalized spacial score (nSPS) is 41.1. The van der Waals surface area contributed by atoms with Crippen LogP contribution < -0.4 is 0 Å². The van der Waals surface area contributed by atoms with Gasteiger partial charge in [-0.2, -0.15) is 0 Å². The Balaban J connectivity index is 1.58. The molecule has 0 radical (unpaired) electrons. The zero-order valence-electron chi connectivity index (χ0n) is 16.1. The predicted octanol–water partition coefficient (Wildman–Crippen LogP) is -2.63. The predicted molar refractivity (Wildman–Crippen MR) is 102 cm³/mol. The zero-order valence-corrected chi connectivity index (χ0v) is 16.1. The fourth-order valence-corrected chi connectivity index (χ4v) is 3.63. The van der Waals surface area contributed by atoms with Crippen molar-refractivity contribution in [2.75, 3.05) is 19.8 Å². The Kier molecular flexibility index (Phi) is 7.58. The van der Waals surface area contributed by atoms with Crippen molar-refractivity contribution >= 4 is 6.08 Å². The Labute approximate surface area is 173 Å². The highest BCUT2D eigenvalue weighted by Gasteiger charge is 2.59. The van der Waals surface area contributed by atoms with Gasteiger partial charge in [0.05, 0.1) is 19.8 Å². The number of benzene rings is 1. The minimum Gasteiger partial charge on any atom is -0.388 e. The maximum absolute atomic E-state index is 10.8. The lowest BCUT2D eigenvalue weighted by molar-refractivity contribution is -0.326. The molecular formula is C20H28O10. The largest absolute Gasteiger partial charge is 0.388 e. The van der Waals surface area contributed by atoms with Crippen LogP contribution in [0.3, 0.4) is 0 Å². The van der Waals surface area contributed by atoms with Crippen LogP contribution in [0, 0.1) is 0 Å². The first-order valence-corrected chi connectivity index (χ1v) is 9.63. The molecule has 2 saturated heterocycles. The Bertz CT molecular complexity index is 700. The maximum atomic E-state index is 10.8. The molecule has 2 aliphatic heterocycles. The van der Waals surface area contributed by atoms with Crippen LogP contribution in [0.15, 0.2) is 36.4 Å². The van der Waals surface area contributed by atoms with Gasteiger partial charge >= 0.3 is 0 Å². The summed E-state index contributed by atoms with van der Waals surface area (Å²) in [6.07, 6.45) is -9.46. The van der Waals surface area contributed by atoms with Crippen LogP contribution in [0.2, 0.25) is 0 Å². The minimum absolute atomic E-state index is 0.00245. The van der Waals surface area contributed by atoms with Gasteiger partial charge in [-0.15, -0.1) is 0 Å². The van der Waals surface area contributed by atoms with Crippen molar-refractivity contribution in [1.82, 2.24) is 0 Å². The Hall–Kier alpha value is -1.44. The van der Waals surface area contributed by atoms with Crippen molar-refractivity contribution < 1.29 is 50.0 Å². The van der Waals surface area contributed by atoms with Gasteiger partial charge < -0.3 is 50.0 Å². The molecule has 1 unspecified atom stereocenters. The van der Waals surface area contributed by atoms with Crippen molar-refractivity contribution in [2.24, 2.45) is 0 Å². The van der Waals surface area contributed by atoms with E-state index in [0.29, 0.717) is 0 Å². The molecule has 0 saturated carbocycles. The standard InChI is InChI=1S/C20H28O10/c21-12-9-29-18(14(23)13(12)22)20(27)10-30-16(15(24)17(20)25)19(26)28-8-4-7-11-5-2-1-3-6-11/h1-7,12-19,21-27H,8-10H2/t12-,13-,14+,15-,16+,17+,18-,19?,20+/m1/s1. The van der Waals surface area contributed by atoms with Crippen molar-refractivity contribution in [3.05, 3.63) is 42.0 Å². The van der Waals surface area contributed by atoms with Crippen LogP contribution in [-0.4, -0.2) is 110 Å². The lowest BCUT2D eigenvalue weighted by atomic mass is 9.78. The zero-order chi connectivity index (χ0) is 21.9. The Morgan fingerprint density at radius 1 is 1.03 bits per heavy atom. The number of aliphatic hydroxyl groups excluding tert-OH is 6. The fraction of sp³-hybridized carbons (Fsp3) is 0.600. The van der Waals surface area contributed by atoms with Gasteiger partial charge in [-0.05, 0) is 5.56 Å². The molecule has 9 atom stereocenters. The van der Waals surface area contributed by atoms with E-state index in [0.717, 1.165) is 5.56 Å². The average Bonchev–Trinajstić information content (AvgIpc) is 2.74. The van der Waals surface area contributed by atoms with Gasteiger partial charge in [0, 0.05) is 0 Å². The number of ether oxygens (including phenoxy) is 3. The third-order valence-electron chi connectivity index (χ3n) is 5.43. The smallest absolute Gasteiger partial charge is 0.184 e. The fourth-order valence-electron chi connectivity index (χ4n) is 3.63. The lowest BCUT2D eigenvalue weighted by Crippen LogP contribution is -2.73. The van der Waals surface area contributed by atoms with Crippen LogP contribution in [0.5, 0.6) is 0 Å². The van der Waals surface area contributed by atoms with Gasteiger partial charge in [0.1, 0.15) is 48.3 Å². The summed E-state index contributed by atoms with van der Waals surface area (Å²) in [4.78, 5) is 0. The molecule has 3 rings (SSSR count). The second kappa shape index (κ2) is 9.79. The quantitative estimate of drug-likeness (QED) is 0.238. The first-order valence-electron chi connectivity index (χ1n) is 9.63. The average molecular weight is 428 g/mol. The number of rotatable bonds is 6. The molecule has 0 aliphatic carbocycles. The molecule has 0 spiro atoms. The second-order valence-electron chi connectivity index (χ2n) is 7.54. The lowest BCUT2D eigenvalue weighted by Gasteiger charge is -2.50. The van der Waals surface area contributed by atoms with E-state index in [4.69, 9.17) is 14.2 Å². The van der Waals surface area contributed by atoms with E-state index < -0.39 is 67.8 Å². The molecule has 30 heavy (non-hydrogen) atoms. The third-order valence-corrected chi connectivity index (χ3v) is 5.43. The highest BCUT2D eigenvalue weighted by atomic mass is 16.6. The molecule has 1 aromatic rings. The molecule has 0 amide bonds. The molecule has 2 heterocycles. The summed E-state index contributed by atoms with van der Waals surface area (Å²) in [5, 5.41) is 71.3. The minimum atomic E-state index is -2.29. The topological polar surface area (TPSA) is 169 Å². The molecule has 10 heteroatoms. The molecule has 7 N–H and O–H groups in total. The third kappa shape index (κ3) is 4.73. The molecule has 0 bridgehead atoms. The number of hydrogen-bond acceptors (Lipinski definition) is 10. The van der Waals surface area contributed by atoms with Crippen LogP contribution in [0.4, 0.5) is 0 Å². The van der Waals surface area contributed by atoms with Gasteiger partial charge in [0.25, 0.3) is 0 Å². The van der Waals surface area contributed by atoms with Gasteiger partial charge in [-0.25, -0.2) is 0 Å². The summed E-state index contributed by atoms with van der Waals surface area (Å²) in [5.74, 6) is 0. The summed E-state index contributed by atoms with van der Waals surface area (Å²) in [6, 6.07) is 9.39. The summed E-state index contributed by atoms with van der Waals surface area (Å²) in [6.45, 7) is -1.02. The van der Waals surface area contributed by atoms with Crippen LogP contribution in [0.1, 0.15) is 5.56 Å². The molecule has 10 nitrogen and oxygen atoms in total. The van der Waals surface area contributed by atoms with E-state index in [-0.39, 0.29) is 6.61 Å². The highest BCUT2D eigenvalue weighted by molar-refractivity contribution is 5.48. The van der Waals surface area contributed by atoms with E-state index in [1.54, 1.807) is 12.2 Å². The molecule has 0 aromatic heterocycles. The van der Waals surface area contributed by atoms with Crippen LogP contribution in [-0.2, 0) is 14.2 Å². The van der Waals surface area contributed by atoms with E-state index in [1.165, 1.54) is 0 Å². The SMILES string of the molecule is OC(OCC=Cc1ccccc1)[C@H]1OC[C@@](O)([C@@H]2OC[C@@H](O)[C@@H](O)[C@@H]2O)[C@@H](O)[C@@H]1O. The molecule has 1 aromatic carbocycles. The van der Waals surface area contributed by atoms with E-state index in [9.17, 15) is 35.7 Å². The van der Waals surface area contributed by atoms with Gasteiger partial charge in [-0.3, -0.25) is 0 Å². The monoisotopic (exact) mass is 428 g/mol. The highest BCUT2D eigenvalue weighted by Crippen LogP contribution is 2.34. The maximum Gasteiger partial charge on any atom is 0.184 e. The number of aliphatic hydroxyl groups is 7. The van der Waals surface area contributed by atoms with E-state index in [2.05, 4.69) is 0 Å². The summed E-state index contributed by atoms with van der Waals surface area (Å²) in [5.41, 5.74) is -1.35. The van der Waals surface area contributed by atoms with E-state index in [1.807, 2.05) is 30.3 Å². The van der Waals surface area contributed by atoms with Gasteiger partial charge in [0.2, 0.25) is 0 Å². The number of hydrogen-bond donors (Lipinski definition) is 7. The van der Waals surface area contributed by atoms with Crippen molar-refractivity contribution in [3.63, 3.8) is 0 Å². The molecule has 2 aliphatic rings. The Morgan fingerprint density at radius 3 is 2.43 bits per heavy atom. The molecule has 168 valence electrons. The second-order valence-corrected chi connectivity index (χ2v) is 7.54. The Morgan fingerprint density at radius 2 is 1.73 bits per heavy atom.